The van der Waals surface area contributed by atoms with Crippen LogP contribution in [0.4, 0.5) is 11.6 Å². The molecule has 2 aromatic heterocycles. The molecule has 0 fully saturated rings. The number of amides is 1. The Kier molecular flexibility index (Phi) is 7.35. The van der Waals surface area contributed by atoms with E-state index in [-0.39, 0.29) is 23.2 Å². The van der Waals surface area contributed by atoms with Gasteiger partial charge < -0.3 is 24.4 Å². The topological polar surface area (TPSA) is 125 Å². The Bertz CT molecular complexity index is 1450. The van der Waals surface area contributed by atoms with E-state index in [0.717, 1.165) is 16.9 Å². The Labute approximate surface area is 209 Å². The number of aryl methyl sites for hydroxylation is 1. The van der Waals surface area contributed by atoms with Crippen molar-refractivity contribution < 1.29 is 22.4 Å². The fraction of sp³-hybridized carbons (Fsp3) is 0.192. The molecule has 9 nitrogen and oxygen atoms in total. The molecule has 2 heterocycles. The quantitative estimate of drug-likeness (QED) is 0.308. The van der Waals surface area contributed by atoms with Crippen LogP contribution in [0.3, 0.4) is 0 Å². The first kappa shape index (κ1) is 24.9. The average Bonchev–Trinajstić information content (AvgIpc) is 3.33. The number of sulfonamides is 1. The number of ether oxygens (including phenoxy) is 1. The smallest absolute Gasteiger partial charge is 0.291 e. The van der Waals surface area contributed by atoms with Crippen LogP contribution in [0.2, 0.25) is 0 Å². The van der Waals surface area contributed by atoms with Crippen molar-refractivity contribution in [1.82, 2.24) is 9.97 Å². The summed E-state index contributed by atoms with van der Waals surface area (Å²) in [6, 6.07) is 16.5. The summed E-state index contributed by atoms with van der Waals surface area (Å²) < 4.78 is 40.1. The summed E-state index contributed by atoms with van der Waals surface area (Å²) in [4.78, 5) is 20.1. The first-order valence-corrected chi connectivity index (χ1v) is 12.6. The van der Waals surface area contributed by atoms with Gasteiger partial charge in [-0.2, -0.15) is 0 Å². The molecule has 0 atom stereocenters. The van der Waals surface area contributed by atoms with E-state index in [1.807, 2.05) is 19.1 Å². The standard InChI is InChI=1S/C26H26N4O5S/c1-17(2)22-11-5-18(3)15-24(22)34-16-20-8-12-23(35-20)25(31)29-19-6-9-21(10-7-19)36(32,33)30-26-27-13-4-14-28-26/h4-15,17H,16H2,1-3H3,(H2,27,28,29,30,31)/p-1. The van der Waals surface area contributed by atoms with E-state index < -0.39 is 15.9 Å². The molecule has 0 bridgehead atoms. The molecule has 36 heavy (non-hydrogen) atoms. The van der Waals surface area contributed by atoms with Gasteiger partial charge in [-0.05, 0) is 78.8 Å². The molecule has 0 saturated heterocycles. The maximum Gasteiger partial charge on any atom is 0.291 e. The second kappa shape index (κ2) is 10.6. The van der Waals surface area contributed by atoms with Gasteiger partial charge in [0, 0.05) is 11.6 Å². The Balaban J connectivity index is 1.37. The van der Waals surface area contributed by atoms with Crippen molar-refractivity contribution in [2.24, 2.45) is 0 Å². The zero-order valence-corrected chi connectivity index (χ0v) is 20.8. The Hall–Kier alpha value is -4.18. The second-order valence-corrected chi connectivity index (χ2v) is 9.95. The predicted molar refractivity (Wildman–Crippen MR) is 135 cm³/mol. The van der Waals surface area contributed by atoms with Crippen molar-refractivity contribution in [3.63, 3.8) is 0 Å². The average molecular weight is 506 g/mol. The molecule has 1 N–H and O–H groups in total. The lowest BCUT2D eigenvalue weighted by Crippen LogP contribution is -2.11. The van der Waals surface area contributed by atoms with Crippen molar-refractivity contribution in [2.45, 2.75) is 38.2 Å². The molecule has 4 rings (SSSR count). The number of furan rings is 1. The van der Waals surface area contributed by atoms with Gasteiger partial charge in [0.25, 0.3) is 5.91 Å². The van der Waals surface area contributed by atoms with Gasteiger partial charge in [0.15, 0.2) is 5.76 Å². The lowest BCUT2D eigenvalue weighted by Gasteiger charge is -2.14. The van der Waals surface area contributed by atoms with Gasteiger partial charge in [0.05, 0.1) is 4.90 Å². The van der Waals surface area contributed by atoms with Gasteiger partial charge in [-0.25, -0.2) is 8.42 Å². The summed E-state index contributed by atoms with van der Waals surface area (Å²) in [5.74, 6) is 1.07. The number of nitrogens with zero attached hydrogens (tertiary/aromatic N) is 3. The van der Waals surface area contributed by atoms with Gasteiger partial charge in [-0.3, -0.25) is 9.52 Å². The zero-order chi connectivity index (χ0) is 25.7. The van der Waals surface area contributed by atoms with Gasteiger partial charge >= 0.3 is 0 Å². The van der Waals surface area contributed by atoms with Gasteiger partial charge in [0.2, 0.25) is 10.0 Å². The summed E-state index contributed by atoms with van der Waals surface area (Å²) in [7, 11) is -3.99. The maximum absolute atomic E-state index is 12.6. The van der Waals surface area contributed by atoms with E-state index in [2.05, 4.69) is 39.9 Å². The number of benzene rings is 2. The van der Waals surface area contributed by atoms with Gasteiger partial charge in [-0.15, -0.1) is 0 Å². The molecule has 4 aromatic rings. The van der Waals surface area contributed by atoms with Crippen LogP contribution in [0, 0.1) is 6.92 Å². The van der Waals surface area contributed by atoms with Gasteiger partial charge in [-0.1, -0.05) is 32.0 Å². The van der Waals surface area contributed by atoms with E-state index in [1.54, 1.807) is 18.2 Å². The molecule has 186 valence electrons. The summed E-state index contributed by atoms with van der Waals surface area (Å²) in [5, 5.41) is 2.68. The lowest BCUT2D eigenvalue weighted by atomic mass is 10.0. The molecular weight excluding hydrogens is 480 g/mol. The van der Waals surface area contributed by atoms with E-state index in [0.29, 0.717) is 17.4 Å². The number of aromatic nitrogens is 2. The third-order valence-electron chi connectivity index (χ3n) is 5.21. The number of hydrogen-bond acceptors (Lipinski definition) is 7. The van der Waals surface area contributed by atoms with E-state index in [1.165, 1.54) is 36.7 Å². The van der Waals surface area contributed by atoms with Crippen LogP contribution >= 0.6 is 0 Å². The van der Waals surface area contributed by atoms with E-state index >= 15 is 0 Å². The number of carbonyl (C=O) groups excluding carboxylic acids is 1. The van der Waals surface area contributed by atoms with Crippen LogP contribution in [-0.4, -0.2) is 24.3 Å². The molecule has 0 aliphatic heterocycles. The number of rotatable bonds is 9. The van der Waals surface area contributed by atoms with Crippen LogP contribution in [-0.2, 0) is 16.6 Å². The Morgan fingerprint density at radius 2 is 1.78 bits per heavy atom. The highest BCUT2D eigenvalue weighted by Gasteiger charge is 2.15. The molecule has 0 unspecified atom stereocenters. The molecule has 1 amide bonds. The number of carbonyl (C=O) groups is 1. The van der Waals surface area contributed by atoms with E-state index in [4.69, 9.17) is 9.15 Å². The van der Waals surface area contributed by atoms with Crippen LogP contribution in [0.25, 0.3) is 4.72 Å². The minimum absolute atomic E-state index is 0.0534. The van der Waals surface area contributed by atoms with Crippen LogP contribution in [0.15, 0.2) is 82.4 Å². The fourth-order valence-corrected chi connectivity index (χ4v) is 4.27. The molecule has 0 aliphatic carbocycles. The zero-order valence-electron chi connectivity index (χ0n) is 20.0. The summed E-state index contributed by atoms with van der Waals surface area (Å²) in [5.41, 5.74) is 2.58. The number of nitrogens with one attached hydrogen (secondary N) is 1. The molecule has 0 spiro atoms. The van der Waals surface area contributed by atoms with Crippen molar-refractivity contribution in [3.8, 4) is 5.75 Å². The third-order valence-corrected chi connectivity index (χ3v) is 6.48. The Morgan fingerprint density at radius 1 is 1.06 bits per heavy atom. The van der Waals surface area contributed by atoms with Crippen LogP contribution in [0.5, 0.6) is 5.75 Å². The summed E-state index contributed by atoms with van der Waals surface area (Å²) >= 11 is 0. The molecule has 0 saturated carbocycles. The van der Waals surface area contributed by atoms with Crippen molar-refractivity contribution in [1.29, 1.82) is 0 Å². The third kappa shape index (κ3) is 6.08. The van der Waals surface area contributed by atoms with Gasteiger partial charge in [0.1, 0.15) is 18.1 Å². The largest absolute Gasteiger partial charge is 0.485 e. The molecule has 10 heteroatoms. The number of anilines is 1. The molecular formula is C26H25N4O5S-. The van der Waals surface area contributed by atoms with Crippen molar-refractivity contribution in [2.75, 3.05) is 5.32 Å². The van der Waals surface area contributed by atoms with E-state index in [9.17, 15) is 13.2 Å². The van der Waals surface area contributed by atoms with Crippen molar-refractivity contribution >= 4 is 27.6 Å². The molecule has 0 radical (unpaired) electrons. The monoisotopic (exact) mass is 505 g/mol. The maximum atomic E-state index is 12.6. The fourth-order valence-electron chi connectivity index (χ4n) is 3.37. The normalized spacial score (nSPS) is 11.3. The highest BCUT2D eigenvalue weighted by atomic mass is 32.2. The van der Waals surface area contributed by atoms with Crippen molar-refractivity contribution in [3.05, 3.63) is 100 Å². The Morgan fingerprint density at radius 3 is 2.47 bits per heavy atom. The van der Waals surface area contributed by atoms with Crippen LogP contribution < -0.4 is 10.1 Å². The van der Waals surface area contributed by atoms with Crippen LogP contribution in [0.1, 0.15) is 47.2 Å². The SMILES string of the molecule is Cc1ccc(C(C)C)c(OCc2ccc(C(=O)Nc3ccc(S(=O)(=O)[N-]c4ncccn4)cc3)o2)c1. The highest BCUT2D eigenvalue weighted by Crippen LogP contribution is 2.29. The number of hydrogen-bond donors (Lipinski definition) is 1. The lowest BCUT2D eigenvalue weighted by molar-refractivity contribution is 0.0992. The second-order valence-electron chi connectivity index (χ2n) is 8.34. The minimum atomic E-state index is -3.99. The minimum Gasteiger partial charge on any atom is -0.485 e. The highest BCUT2D eigenvalue weighted by molar-refractivity contribution is 7.94. The molecule has 0 aliphatic rings. The summed E-state index contributed by atoms with van der Waals surface area (Å²) in [6.07, 6.45) is 2.80. The first-order valence-electron chi connectivity index (χ1n) is 11.2. The summed E-state index contributed by atoms with van der Waals surface area (Å²) in [6.45, 7) is 6.38. The predicted octanol–water partition coefficient (Wildman–Crippen LogP) is 5.73. The molecule has 2 aromatic carbocycles. The first-order chi connectivity index (χ1) is 17.2.